The van der Waals surface area contributed by atoms with E-state index in [0.717, 1.165) is 31.4 Å². The van der Waals surface area contributed by atoms with Crippen molar-refractivity contribution in [3.8, 4) is 6.07 Å². The molecule has 3 atom stereocenters. The first kappa shape index (κ1) is 17.2. The van der Waals surface area contributed by atoms with Gasteiger partial charge in [-0.1, -0.05) is 18.2 Å². The number of carbonyl (C=O) groups is 2. The van der Waals surface area contributed by atoms with Gasteiger partial charge in [0.1, 0.15) is 6.04 Å². The topological polar surface area (TPSA) is 97.3 Å². The lowest BCUT2D eigenvalue weighted by atomic mass is 10.1. The van der Waals surface area contributed by atoms with Crippen LogP contribution in [0.4, 0.5) is 10.5 Å². The van der Waals surface area contributed by atoms with Crippen LogP contribution in [-0.4, -0.2) is 48.1 Å². The fourth-order valence-corrected chi connectivity index (χ4v) is 3.45. The molecule has 0 radical (unpaired) electrons. The van der Waals surface area contributed by atoms with E-state index in [9.17, 15) is 9.59 Å². The molecule has 2 saturated heterocycles. The van der Waals surface area contributed by atoms with E-state index in [1.165, 1.54) is 0 Å². The van der Waals surface area contributed by atoms with Gasteiger partial charge in [0, 0.05) is 24.8 Å². The molecule has 2 heterocycles. The van der Waals surface area contributed by atoms with Gasteiger partial charge >= 0.3 is 6.03 Å². The molecule has 0 aromatic heterocycles. The molecule has 7 nitrogen and oxygen atoms in total. The van der Waals surface area contributed by atoms with Gasteiger partial charge < -0.3 is 20.9 Å². The lowest BCUT2D eigenvalue weighted by molar-refractivity contribution is -0.133. The Morgan fingerprint density at radius 2 is 2.04 bits per heavy atom. The number of rotatable bonds is 4. The summed E-state index contributed by atoms with van der Waals surface area (Å²) in [5, 5.41) is 18.0. The number of para-hydroxylation sites is 1. The maximum atomic E-state index is 12.6. The molecule has 7 heteroatoms. The molecule has 0 bridgehead atoms. The summed E-state index contributed by atoms with van der Waals surface area (Å²) in [5.41, 5.74) is 0.740. The molecule has 0 saturated carbocycles. The third-order valence-electron chi connectivity index (χ3n) is 4.76. The molecule has 3 N–H and O–H groups in total. The van der Waals surface area contributed by atoms with Gasteiger partial charge in [-0.2, -0.15) is 5.26 Å². The number of urea groups is 1. The van der Waals surface area contributed by atoms with Crippen LogP contribution in [0.2, 0.25) is 0 Å². The normalized spacial score (nSPS) is 25.4. The summed E-state index contributed by atoms with van der Waals surface area (Å²) in [6, 6.07) is 10.7. The van der Waals surface area contributed by atoms with E-state index in [1.54, 1.807) is 4.90 Å². The second kappa shape index (κ2) is 7.99. The van der Waals surface area contributed by atoms with Crippen LogP contribution < -0.4 is 16.0 Å². The van der Waals surface area contributed by atoms with Crippen molar-refractivity contribution in [3.63, 3.8) is 0 Å². The van der Waals surface area contributed by atoms with E-state index in [-0.39, 0.29) is 30.1 Å². The number of benzene rings is 1. The highest BCUT2D eigenvalue weighted by Crippen LogP contribution is 2.21. The van der Waals surface area contributed by atoms with Crippen LogP contribution in [-0.2, 0) is 4.79 Å². The minimum atomic E-state index is -0.289. The molecule has 2 aliphatic rings. The Hall–Kier alpha value is -2.59. The Balaban J connectivity index is 1.43. The molecule has 2 aliphatic heterocycles. The van der Waals surface area contributed by atoms with E-state index in [4.69, 9.17) is 5.26 Å². The molecule has 0 aliphatic carbocycles. The lowest BCUT2D eigenvalue weighted by Gasteiger charge is -2.24. The number of anilines is 1. The Kier molecular flexibility index (Phi) is 5.51. The number of nitrogens with one attached hydrogen (secondary N) is 3. The van der Waals surface area contributed by atoms with Crippen molar-refractivity contribution in [1.29, 1.82) is 5.26 Å². The van der Waals surface area contributed by atoms with E-state index in [2.05, 4.69) is 22.0 Å². The number of nitriles is 1. The van der Waals surface area contributed by atoms with Gasteiger partial charge in [-0.3, -0.25) is 4.79 Å². The Bertz CT molecular complexity index is 657. The van der Waals surface area contributed by atoms with Crippen LogP contribution in [0.15, 0.2) is 30.3 Å². The number of likely N-dealkylation sites (tertiary alicyclic amines) is 1. The highest BCUT2D eigenvalue weighted by Gasteiger charge is 2.36. The molecule has 1 aromatic rings. The Labute approximate surface area is 147 Å². The number of hydrogen-bond donors (Lipinski definition) is 3. The SMILES string of the molecule is N#C[C@@H]1CCCN1C(=O)[C@@H]1CC[C@H](CNC(=O)Nc2ccccc2)N1. The van der Waals surface area contributed by atoms with Crippen molar-refractivity contribution in [2.24, 2.45) is 0 Å². The van der Waals surface area contributed by atoms with Gasteiger partial charge in [-0.15, -0.1) is 0 Å². The van der Waals surface area contributed by atoms with Crippen molar-refractivity contribution in [2.45, 2.75) is 43.8 Å². The van der Waals surface area contributed by atoms with Crippen LogP contribution in [0.25, 0.3) is 0 Å². The van der Waals surface area contributed by atoms with Gasteiger partial charge in [0.2, 0.25) is 5.91 Å². The van der Waals surface area contributed by atoms with E-state index >= 15 is 0 Å². The maximum absolute atomic E-state index is 12.6. The standard InChI is InChI=1S/C18H23N5O2/c19-11-15-7-4-10-23(15)17(24)16-9-8-14(21-16)12-20-18(25)22-13-5-2-1-3-6-13/h1-3,5-6,14-16,21H,4,7-10,12H2,(H2,20,22,25)/t14-,15+,16+/m1/s1. The van der Waals surface area contributed by atoms with Crippen LogP contribution in [0, 0.1) is 11.3 Å². The summed E-state index contributed by atoms with van der Waals surface area (Å²) in [7, 11) is 0. The van der Waals surface area contributed by atoms with Crippen LogP contribution in [0.1, 0.15) is 25.7 Å². The Morgan fingerprint density at radius 3 is 2.80 bits per heavy atom. The van der Waals surface area contributed by atoms with E-state index < -0.39 is 0 Å². The number of amides is 3. The predicted octanol–water partition coefficient (Wildman–Crippen LogP) is 1.44. The summed E-state index contributed by atoms with van der Waals surface area (Å²) in [6.45, 7) is 1.13. The fraction of sp³-hybridized carbons (Fsp3) is 0.500. The van der Waals surface area contributed by atoms with Gasteiger partial charge in [0.25, 0.3) is 0 Å². The van der Waals surface area contributed by atoms with Crippen molar-refractivity contribution in [2.75, 3.05) is 18.4 Å². The summed E-state index contributed by atoms with van der Waals surface area (Å²) in [4.78, 5) is 26.2. The van der Waals surface area contributed by atoms with Crippen LogP contribution in [0.3, 0.4) is 0 Å². The first-order chi connectivity index (χ1) is 12.2. The smallest absolute Gasteiger partial charge is 0.319 e. The summed E-state index contributed by atoms with van der Waals surface area (Å²) in [6.07, 6.45) is 3.22. The van der Waals surface area contributed by atoms with Gasteiger partial charge in [0.05, 0.1) is 12.1 Å². The molecule has 2 fully saturated rings. The van der Waals surface area contributed by atoms with Gasteiger partial charge in [-0.25, -0.2) is 4.79 Å². The summed E-state index contributed by atoms with van der Waals surface area (Å²) >= 11 is 0. The summed E-state index contributed by atoms with van der Waals surface area (Å²) < 4.78 is 0. The third kappa shape index (κ3) is 4.28. The first-order valence-electron chi connectivity index (χ1n) is 8.73. The molecule has 1 aromatic carbocycles. The zero-order valence-electron chi connectivity index (χ0n) is 14.1. The number of nitrogens with zero attached hydrogens (tertiary/aromatic N) is 2. The lowest BCUT2D eigenvalue weighted by Crippen LogP contribution is -2.48. The van der Waals surface area contributed by atoms with Crippen molar-refractivity contribution in [1.82, 2.24) is 15.5 Å². The van der Waals surface area contributed by atoms with E-state index in [1.807, 2.05) is 30.3 Å². The minimum Gasteiger partial charge on any atom is -0.336 e. The number of carbonyl (C=O) groups excluding carboxylic acids is 2. The van der Waals surface area contributed by atoms with Gasteiger partial charge in [0.15, 0.2) is 0 Å². The molecule has 3 amide bonds. The second-order valence-electron chi connectivity index (χ2n) is 6.51. The van der Waals surface area contributed by atoms with E-state index in [0.29, 0.717) is 13.1 Å². The van der Waals surface area contributed by atoms with Crippen molar-refractivity contribution >= 4 is 17.6 Å². The third-order valence-corrected chi connectivity index (χ3v) is 4.76. The molecule has 3 rings (SSSR count). The molecule has 0 unspecified atom stereocenters. The predicted molar refractivity (Wildman–Crippen MR) is 93.8 cm³/mol. The average Bonchev–Trinajstić information content (AvgIpc) is 3.29. The highest BCUT2D eigenvalue weighted by atomic mass is 16.2. The summed E-state index contributed by atoms with van der Waals surface area (Å²) in [5.74, 6) is 0.0142. The quantitative estimate of drug-likeness (QED) is 0.772. The van der Waals surface area contributed by atoms with Crippen molar-refractivity contribution < 1.29 is 9.59 Å². The zero-order valence-corrected chi connectivity index (χ0v) is 14.1. The largest absolute Gasteiger partial charge is 0.336 e. The molecular weight excluding hydrogens is 318 g/mol. The van der Waals surface area contributed by atoms with Crippen molar-refractivity contribution in [3.05, 3.63) is 30.3 Å². The van der Waals surface area contributed by atoms with Crippen LogP contribution in [0.5, 0.6) is 0 Å². The second-order valence-corrected chi connectivity index (χ2v) is 6.51. The van der Waals surface area contributed by atoms with Crippen LogP contribution >= 0.6 is 0 Å². The zero-order chi connectivity index (χ0) is 17.6. The monoisotopic (exact) mass is 341 g/mol. The molecule has 25 heavy (non-hydrogen) atoms. The fourth-order valence-electron chi connectivity index (χ4n) is 3.45. The van der Waals surface area contributed by atoms with Gasteiger partial charge in [-0.05, 0) is 37.8 Å². The minimum absolute atomic E-state index is 0.0142. The Morgan fingerprint density at radius 1 is 1.24 bits per heavy atom. The molecular formula is C18H23N5O2. The molecule has 0 spiro atoms. The maximum Gasteiger partial charge on any atom is 0.319 e. The molecule has 132 valence electrons. The number of hydrogen-bond acceptors (Lipinski definition) is 4. The average molecular weight is 341 g/mol. The first-order valence-corrected chi connectivity index (χ1v) is 8.73. The highest BCUT2D eigenvalue weighted by molar-refractivity contribution is 5.89.